The summed E-state index contributed by atoms with van der Waals surface area (Å²) in [5.41, 5.74) is -0.0492. The lowest BCUT2D eigenvalue weighted by molar-refractivity contribution is -0.122. The van der Waals surface area contributed by atoms with Gasteiger partial charge in [0, 0.05) is 17.5 Å². The first-order valence-electron chi connectivity index (χ1n) is 5.89. The lowest BCUT2D eigenvalue weighted by Gasteiger charge is -2.14. The number of nitriles is 1. The number of carbonyl (C=O) groups excluding carboxylic acids is 1. The highest BCUT2D eigenvalue weighted by Crippen LogP contribution is 2.25. The minimum absolute atomic E-state index is 0.0492. The van der Waals surface area contributed by atoms with Crippen LogP contribution >= 0.6 is 0 Å². The zero-order valence-corrected chi connectivity index (χ0v) is 10.4. The van der Waals surface area contributed by atoms with Gasteiger partial charge < -0.3 is 0 Å². The maximum absolute atomic E-state index is 13.6. The number of hydrogen-bond acceptors (Lipinski definition) is 2. The van der Waals surface area contributed by atoms with Crippen LogP contribution in [-0.2, 0) is 4.79 Å². The van der Waals surface area contributed by atoms with Crippen molar-refractivity contribution in [2.24, 2.45) is 5.92 Å². The van der Waals surface area contributed by atoms with Gasteiger partial charge in [0.15, 0.2) is 5.78 Å². The van der Waals surface area contributed by atoms with Gasteiger partial charge in [0.1, 0.15) is 17.6 Å². The fourth-order valence-corrected chi connectivity index (χ4v) is 1.88. The third-order valence-electron chi connectivity index (χ3n) is 2.89. The Hall–Kier alpha value is -1.76. The second-order valence-electron chi connectivity index (χ2n) is 4.32. The fourth-order valence-electron chi connectivity index (χ4n) is 1.88. The summed E-state index contributed by atoms with van der Waals surface area (Å²) in [6, 6.07) is 4.72. The molecule has 0 bridgehead atoms. The molecule has 0 saturated heterocycles. The largest absolute Gasteiger partial charge is 0.298 e. The lowest BCUT2D eigenvalue weighted by atomic mass is 9.87. The van der Waals surface area contributed by atoms with E-state index in [1.807, 2.05) is 6.92 Å². The molecule has 0 spiro atoms. The summed E-state index contributed by atoms with van der Waals surface area (Å²) < 4.78 is 26.3. The molecule has 1 aromatic rings. The predicted molar refractivity (Wildman–Crippen MR) is 63.8 cm³/mol. The predicted octanol–water partition coefficient (Wildman–Crippen LogP) is 3.58. The molecular weight excluding hydrogens is 236 g/mol. The van der Waals surface area contributed by atoms with Gasteiger partial charge in [-0.1, -0.05) is 26.3 Å². The number of nitrogens with zero attached hydrogens (tertiary/aromatic N) is 1. The molecule has 0 aliphatic rings. The topological polar surface area (TPSA) is 40.9 Å². The van der Waals surface area contributed by atoms with Crippen LogP contribution in [0.1, 0.15) is 38.2 Å². The average molecular weight is 251 g/mol. The maximum Gasteiger partial charge on any atom is 0.157 e. The van der Waals surface area contributed by atoms with Crippen LogP contribution in [0.3, 0.4) is 0 Å². The number of rotatable bonds is 5. The van der Waals surface area contributed by atoms with E-state index in [1.54, 1.807) is 13.0 Å². The Kier molecular flexibility index (Phi) is 4.96. The highest BCUT2D eigenvalue weighted by atomic mass is 19.1. The maximum atomic E-state index is 13.6. The van der Waals surface area contributed by atoms with Crippen molar-refractivity contribution in [3.05, 3.63) is 35.4 Å². The molecule has 2 nitrogen and oxygen atoms in total. The van der Waals surface area contributed by atoms with Gasteiger partial charge >= 0.3 is 0 Å². The molecule has 96 valence electrons. The molecule has 1 rings (SSSR count). The molecule has 4 heteroatoms. The number of hydrogen-bond donors (Lipinski definition) is 0. The van der Waals surface area contributed by atoms with Crippen molar-refractivity contribution in [1.82, 2.24) is 0 Å². The third-order valence-corrected chi connectivity index (χ3v) is 2.89. The van der Waals surface area contributed by atoms with Crippen molar-refractivity contribution < 1.29 is 13.6 Å². The zero-order chi connectivity index (χ0) is 13.7. The summed E-state index contributed by atoms with van der Waals surface area (Å²) in [5, 5.41) is 9.03. The van der Waals surface area contributed by atoms with Crippen molar-refractivity contribution in [1.29, 1.82) is 5.26 Å². The molecule has 0 fully saturated rings. The third kappa shape index (κ3) is 3.13. The summed E-state index contributed by atoms with van der Waals surface area (Å²) in [6.07, 6.45) is 1.47. The number of Topliss-reactive ketones (excluding diaryl/α,β-unsaturated/α-hetero) is 1. The summed E-state index contributed by atoms with van der Waals surface area (Å²) in [5.74, 6) is -3.35. The van der Waals surface area contributed by atoms with Gasteiger partial charge in [-0.2, -0.15) is 5.26 Å². The Labute approximate surface area is 105 Å². The first-order chi connectivity index (χ1) is 8.51. The number of carbonyl (C=O) groups is 1. The Balaban J connectivity index is 3.03. The first kappa shape index (κ1) is 14.3. The van der Waals surface area contributed by atoms with Crippen LogP contribution in [0.25, 0.3) is 0 Å². The van der Waals surface area contributed by atoms with E-state index in [1.165, 1.54) is 0 Å². The first-order valence-corrected chi connectivity index (χ1v) is 5.89. The Morgan fingerprint density at radius 3 is 2.61 bits per heavy atom. The van der Waals surface area contributed by atoms with Crippen LogP contribution in [0.4, 0.5) is 8.78 Å². The number of halogens is 2. The van der Waals surface area contributed by atoms with E-state index in [0.717, 1.165) is 18.6 Å². The zero-order valence-electron chi connectivity index (χ0n) is 10.4. The van der Waals surface area contributed by atoms with E-state index in [0.29, 0.717) is 12.5 Å². The van der Waals surface area contributed by atoms with Crippen molar-refractivity contribution >= 4 is 5.78 Å². The quantitative estimate of drug-likeness (QED) is 0.802. The standard InChI is InChI=1S/C14H15F2NO/c1-3-4-9(2)14(18)12(8-17)11-6-5-10(15)7-13(11)16/h5-7,9,12H,3-4H2,1-2H3. The molecule has 0 N–H and O–H groups in total. The Morgan fingerprint density at radius 1 is 1.44 bits per heavy atom. The molecular formula is C14H15F2NO. The van der Waals surface area contributed by atoms with Crippen LogP contribution in [0, 0.1) is 28.9 Å². The average Bonchev–Trinajstić information content (AvgIpc) is 2.32. The highest BCUT2D eigenvalue weighted by molar-refractivity contribution is 5.90. The summed E-state index contributed by atoms with van der Waals surface area (Å²) in [4.78, 5) is 12.0. The molecule has 0 radical (unpaired) electrons. The molecule has 1 aromatic carbocycles. The number of benzene rings is 1. The van der Waals surface area contributed by atoms with E-state index in [-0.39, 0.29) is 17.3 Å². The molecule has 0 aliphatic carbocycles. The highest BCUT2D eigenvalue weighted by Gasteiger charge is 2.27. The smallest absolute Gasteiger partial charge is 0.157 e. The van der Waals surface area contributed by atoms with Gasteiger partial charge in [0.25, 0.3) is 0 Å². The van der Waals surface area contributed by atoms with E-state index in [4.69, 9.17) is 5.26 Å². The van der Waals surface area contributed by atoms with Gasteiger partial charge in [-0.3, -0.25) is 4.79 Å². The molecule has 2 atom stereocenters. The van der Waals surface area contributed by atoms with Crippen LogP contribution < -0.4 is 0 Å². The van der Waals surface area contributed by atoms with Crippen molar-refractivity contribution in [2.45, 2.75) is 32.6 Å². The second-order valence-corrected chi connectivity index (χ2v) is 4.32. The SMILES string of the molecule is CCCC(C)C(=O)C(C#N)c1ccc(F)cc1F. The fraction of sp³-hybridized carbons (Fsp3) is 0.429. The van der Waals surface area contributed by atoms with Crippen LogP contribution in [0.2, 0.25) is 0 Å². The van der Waals surface area contributed by atoms with E-state index in [9.17, 15) is 13.6 Å². The molecule has 0 aromatic heterocycles. The normalized spacial score (nSPS) is 13.7. The van der Waals surface area contributed by atoms with Crippen LogP contribution in [0.5, 0.6) is 0 Å². The van der Waals surface area contributed by atoms with Crippen LogP contribution in [-0.4, -0.2) is 5.78 Å². The summed E-state index contributed by atoms with van der Waals surface area (Å²) >= 11 is 0. The van der Waals surface area contributed by atoms with Gasteiger partial charge in [0.05, 0.1) is 6.07 Å². The van der Waals surface area contributed by atoms with Gasteiger partial charge in [0.2, 0.25) is 0 Å². The Bertz CT molecular complexity index is 479. The van der Waals surface area contributed by atoms with Crippen molar-refractivity contribution in [3.8, 4) is 6.07 Å². The lowest BCUT2D eigenvalue weighted by Crippen LogP contribution is -2.20. The Morgan fingerprint density at radius 2 is 2.11 bits per heavy atom. The van der Waals surface area contributed by atoms with E-state index < -0.39 is 17.6 Å². The molecule has 0 saturated carbocycles. The summed E-state index contributed by atoms with van der Waals surface area (Å²) in [6.45, 7) is 3.65. The molecule has 0 amide bonds. The van der Waals surface area contributed by atoms with Crippen molar-refractivity contribution in [3.63, 3.8) is 0 Å². The molecule has 2 unspecified atom stereocenters. The molecule has 0 heterocycles. The van der Waals surface area contributed by atoms with Crippen molar-refractivity contribution in [2.75, 3.05) is 0 Å². The van der Waals surface area contributed by atoms with E-state index in [2.05, 4.69) is 0 Å². The minimum Gasteiger partial charge on any atom is -0.298 e. The molecule has 18 heavy (non-hydrogen) atoms. The minimum atomic E-state index is -1.16. The van der Waals surface area contributed by atoms with E-state index >= 15 is 0 Å². The van der Waals surface area contributed by atoms with Gasteiger partial charge in [-0.05, 0) is 12.5 Å². The number of ketones is 1. The monoisotopic (exact) mass is 251 g/mol. The summed E-state index contributed by atoms with van der Waals surface area (Å²) in [7, 11) is 0. The van der Waals surface area contributed by atoms with Gasteiger partial charge in [-0.25, -0.2) is 8.78 Å². The van der Waals surface area contributed by atoms with Gasteiger partial charge in [-0.15, -0.1) is 0 Å². The van der Waals surface area contributed by atoms with Crippen LogP contribution in [0.15, 0.2) is 18.2 Å². The molecule has 0 aliphatic heterocycles. The second kappa shape index (κ2) is 6.25.